The van der Waals surface area contributed by atoms with E-state index < -0.39 is 21.1 Å². The summed E-state index contributed by atoms with van der Waals surface area (Å²) in [5, 5.41) is 2.36. The fourth-order valence-corrected chi connectivity index (χ4v) is 4.57. The molecule has 2 N–H and O–H groups in total. The Morgan fingerprint density at radius 1 is 1.04 bits per heavy atom. The van der Waals surface area contributed by atoms with E-state index in [9.17, 15) is 13.2 Å². The number of carbonyl (C=O) groups excluding carboxylic acids is 1. The normalized spacial score (nSPS) is 14.9. The molecular formula is C18H17N5O3S. The molecule has 0 bridgehead atoms. The quantitative estimate of drug-likeness (QED) is 0.793. The number of aryl methyl sites for hydroxylation is 2. The number of hydrogen-bond acceptors (Lipinski definition) is 5. The summed E-state index contributed by atoms with van der Waals surface area (Å²) < 4.78 is 26.7. The molecule has 0 saturated heterocycles. The summed E-state index contributed by atoms with van der Waals surface area (Å²) in [5.74, 6) is -0.0196. The molecule has 2 aromatic rings. The van der Waals surface area contributed by atoms with E-state index in [1.54, 1.807) is 0 Å². The number of carbonyl (C=O) groups is 1. The van der Waals surface area contributed by atoms with Gasteiger partial charge in [0.25, 0.3) is 15.8 Å². The molecule has 4 rings (SSSR count). The van der Waals surface area contributed by atoms with Crippen molar-refractivity contribution < 1.29 is 13.2 Å². The Labute approximate surface area is 156 Å². The molecule has 2 aliphatic rings. The largest absolute Gasteiger partial charge is 0.359 e. The second kappa shape index (κ2) is 6.63. The van der Waals surface area contributed by atoms with Crippen molar-refractivity contribution in [2.24, 2.45) is 0 Å². The summed E-state index contributed by atoms with van der Waals surface area (Å²) in [4.78, 5) is 22.9. The fraction of sp³-hybridized carbons (Fsp3) is 0.333. The Morgan fingerprint density at radius 2 is 1.70 bits per heavy atom. The fourth-order valence-electron chi connectivity index (χ4n) is 3.79. The minimum atomic E-state index is -4.17. The molecule has 0 saturated carbocycles. The molecule has 27 heavy (non-hydrogen) atoms. The molecule has 8 nitrogen and oxygen atoms in total. The summed E-state index contributed by atoms with van der Waals surface area (Å²) in [6.45, 7) is 6.82. The third-order valence-corrected chi connectivity index (χ3v) is 6.16. The third kappa shape index (κ3) is 3.24. The Balaban J connectivity index is 1.58. The zero-order chi connectivity index (χ0) is 19.0. The number of anilines is 1. The molecule has 0 radical (unpaired) electrons. The van der Waals surface area contributed by atoms with Crippen LogP contribution in [-0.4, -0.2) is 24.4 Å². The van der Waals surface area contributed by atoms with Gasteiger partial charge in [0, 0.05) is 5.69 Å². The number of fused-ring (bicyclic) bond motifs is 2. The van der Waals surface area contributed by atoms with Crippen LogP contribution in [-0.2, 0) is 35.7 Å². The van der Waals surface area contributed by atoms with E-state index >= 15 is 0 Å². The van der Waals surface area contributed by atoms with Crippen LogP contribution in [0.25, 0.3) is 4.85 Å². The van der Waals surface area contributed by atoms with Gasteiger partial charge in [0.1, 0.15) is 0 Å². The topological polar surface area (TPSA) is 105 Å². The van der Waals surface area contributed by atoms with Crippen LogP contribution in [0.15, 0.2) is 23.5 Å². The molecular weight excluding hydrogens is 366 g/mol. The maximum absolute atomic E-state index is 12.4. The number of amides is 2. The molecule has 0 atom stereocenters. The van der Waals surface area contributed by atoms with E-state index in [-0.39, 0.29) is 5.82 Å². The van der Waals surface area contributed by atoms with Crippen LogP contribution in [0.3, 0.4) is 0 Å². The van der Waals surface area contributed by atoms with Gasteiger partial charge in [-0.1, -0.05) is 12.6 Å². The van der Waals surface area contributed by atoms with E-state index in [1.807, 2.05) is 4.72 Å². The van der Waals surface area contributed by atoms with Crippen LogP contribution in [0.2, 0.25) is 0 Å². The van der Waals surface area contributed by atoms with Gasteiger partial charge < -0.3 is 10.2 Å². The maximum Gasteiger partial charge on any atom is 0.333 e. The number of aromatic nitrogens is 2. The summed E-state index contributed by atoms with van der Waals surface area (Å²) in [6.07, 6.45) is 7.83. The lowest BCUT2D eigenvalue weighted by Crippen LogP contribution is -2.35. The first-order valence-corrected chi connectivity index (χ1v) is 10.2. The van der Waals surface area contributed by atoms with E-state index in [1.165, 1.54) is 11.1 Å². The van der Waals surface area contributed by atoms with Crippen LogP contribution >= 0.6 is 0 Å². The van der Waals surface area contributed by atoms with Crippen molar-refractivity contribution in [3.8, 4) is 0 Å². The van der Waals surface area contributed by atoms with Gasteiger partial charge in [-0.05, 0) is 60.8 Å². The van der Waals surface area contributed by atoms with Crippen LogP contribution < -0.4 is 10.0 Å². The first-order chi connectivity index (χ1) is 13.0. The Kier molecular flexibility index (Phi) is 4.28. The SMILES string of the molecule is [C-]#[N+]c1cnc(S(=O)(=O)NC(=O)Nc2c3c(cc4c2CCC4)CCC3)cn1. The number of urea groups is 1. The molecule has 1 aromatic carbocycles. The number of benzene rings is 1. The lowest BCUT2D eigenvalue weighted by molar-refractivity contribution is 0.256. The van der Waals surface area contributed by atoms with Crippen LogP contribution in [0.1, 0.15) is 35.1 Å². The highest BCUT2D eigenvalue weighted by Gasteiger charge is 2.27. The van der Waals surface area contributed by atoms with Gasteiger partial charge in [-0.25, -0.2) is 14.5 Å². The average molecular weight is 383 g/mol. The predicted octanol–water partition coefficient (Wildman–Crippen LogP) is 2.52. The highest BCUT2D eigenvalue weighted by molar-refractivity contribution is 7.90. The number of sulfonamides is 1. The van der Waals surface area contributed by atoms with E-state index in [0.29, 0.717) is 0 Å². The smallest absolute Gasteiger partial charge is 0.333 e. The van der Waals surface area contributed by atoms with Crippen molar-refractivity contribution in [2.75, 3.05) is 5.32 Å². The first-order valence-electron chi connectivity index (χ1n) is 8.68. The lowest BCUT2D eigenvalue weighted by Gasteiger charge is -2.16. The molecule has 1 aromatic heterocycles. The van der Waals surface area contributed by atoms with Gasteiger partial charge >= 0.3 is 6.03 Å². The molecule has 0 fully saturated rings. The summed E-state index contributed by atoms with van der Waals surface area (Å²) in [5.41, 5.74) is 5.48. The standard InChI is InChI=1S/C18H17N5O3S/c1-19-15-9-21-16(10-20-15)27(25,26)23-18(24)22-17-13-6-2-4-11(13)8-12-5-3-7-14(12)17/h8-10H,2-7H2,(H2,22,23,24). The summed E-state index contributed by atoms with van der Waals surface area (Å²) >= 11 is 0. The maximum atomic E-state index is 12.4. The number of nitrogens with one attached hydrogen (secondary N) is 2. The number of rotatable bonds is 3. The molecule has 138 valence electrons. The average Bonchev–Trinajstić information content (AvgIpc) is 3.30. The van der Waals surface area contributed by atoms with Crippen molar-refractivity contribution in [1.29, 1.82) is 0 Å². The molecule has 2 aliphatic carbocycles. The zero-order valence-electron chi connectivity index (χ0n) is 14.4. The minimum Gasteiger partial charge on any atom is -0.359 e. The first kappa shape index (κ1) is 17.4. The van der Waals surface area contributed by atoms with Gasteiger partial charge in [-0.15, -0.1) is 4.98 Å². The molecule has 0 aliphatic heterocycles. The van der Waals surface area contributed by atoms with Gasteiger partial charge in [-0.3, -0.25) is 0 Å². The van der Waals surface area contributed by atoms with E-state index in [2.05, 4.69) is 26.2 Å². The summed E-state index contributed by atoms with van der Waals surface area (Å²) in [7, 11) is -4.17. The lowest BCUT2D eigenvalue weighted by atomic mass is 9.99. The van der Waals surface area contributed by atoms with Crippen molar-refractivity contribution in [3.63, 3.8) is 0 Å². The van der Waals surface area contributed by atoms with Crippen molar-refractivity contribution >= 4 is 27.6 Å². The van der Waals surface area contributed by atoms with Crippen molar-refractivity contribution in [2.45, 2.75) is 43.6 Å². The van der Waals surface area contributed by atoms with Gasteiger partial charge in [0.2, 0.25) is 5.03 Å². The van der Waals surface area contributed by atoms with Crippen molar-refractivity contribution in [1.82, 2.24) is 14.7 Å². The molecule has 0 unspecified atom stereocenters. The second-order valence-corrected chi connectivity index (χ2v) is 8.25. The highest BCUT2D eigenvalue weighted by Crippen LogP contribution is 2.38. The minimum absolute atomic E-state index is 0.0196. The van der Waals surface area contributed by atoms with E-state index in [0.717, 1.165) is 67.7 Å². The summed E-state index contributed by atoms with van der Waals surface area (Å²) in [6, 6.07) is 1.42. The van der Waals surface area contributed by atoms with Gasteiger partial charge in [0.05, 0.1) is 6.20 Å². The molecule has 1 heterocycles. The predicted molar refractivity (Wildman–Crippen MR) is 98.1 cm³/mol. The Hall–Kier alpha value is -2.99. The Morgan fingerprint density at radius 3 is 2.26 bits per heavy atom. The number of nitrogens with zero attached hydrogens (tertiary/aromatic N) is 3. The van der Waals surface area contributed by atoms with Crippen LogP contribution in [0.5, 0.6) is 0 Å². The zero-order valence-corrected chi connectivity index (χ0v) is 15.3. The Bertz CT molecular complexity index is 1040. The van der Waals surface area contributed by atoms with Crippen molar-refractivity contribution in [3.05, 3.63) is 52.1 Å². The molecule has 2 amide bonds. The second-order valence-electron chi connectivity index (χ2n) is 6.62. The van der Waals surface area contributed by atoms with E-state index in [4.69, 9.17) is 6.57 Å². The highest BCUT2D eigenvalue weighted by atomic mass is 32.2. The van der Waals surface area contributed by atoms with Gasteiger partial charge in [0.15, 0.2) is 6.20 Å². The van der Waals surface area contributed by atoms with Crippen LogP contribution in [0.4, 0.5) is 16.3 Å². The monoisotopic (exact) mass is 383 g/mol. The third-order valence-electron chi connectivity index (χ3n) is 4.94. The van der Waals surface area contributed by atoms with Gasteiger partial charge in [-0.2, -0.15) is 8.42 Å². The molecule has 0 spiro atoms. The molecule has 9 heteroatoms. The number of hydrogen-bond donors (Lipinski definition) is 2. The van der Waals surface area contributed by atoms with Crippen LogP contribution in [0, 0.1) is 6.57 Å².